The minimum absolute atomic E-state index is 0.225. The van der Waals surface area contributed by atoms with Crippen LogP contribution in [0.4, 0.5) is 5.13 Å². The summed E-state index contributed by atoms with van der Waals surface area (Å²) >= 11 is 1.44. The standard InChI is InChI=1S/C14H22N4OS/c1-10-11(20-13(15)17-10)7-12(19)18-6-2-3-14(9-18)4-5-16-8-14/h16H,2-9H2,1H3,(H2,15,17)/t14-/m0/s1. The highest BCUT2D eigenvalue weighted by Gasteiger charge is 2.39. The number of amides is 1. The molecule has 1 spiro atoms. The van der Waals surface area contributed by atoms with E-state index in [2.05, 4.69) is 10.3 Å². The summed E-state index contributed by atoms with van der Waals surface area (Å²) in [5.41, 5.74) is 6.93. The van der Waals surface area contributed by atoms with Gasteiger partial charge in [-0.3, -0.25) is 4.79 Å². The van der Waals surface area contributed by atoms with Crippen molar-refractivity contribution in [2.45, 2.75) is 32.6 Å². The maximum Gasteiger partial charge on any atom is 0.227 e. The molecule has 0 unspecified atom stereocenters. The molecule has 0 radical (unpaired) electrons. The van der Waals surface area contributed by atoms with Crippen molar-refractivity contribution in [3.63, 3.8) is 0 Å². The van der Waals surface area contributed by atoms with E-state index < -0.39 is 0 Å². The van der Waals surface area contributed by atoms with Gasteiger partial charge in [0.1, 0.15) is 0 Å². The van der Waals surface area contributed by atoms with Gasteiger partial charge in [0, 0.05) is 29.9 Å². The van der Waals surface area contributed by atoms with Gasteiger partial charge in [-0.15, -0.1) is 11.3 Å². The minimum atomic E-state index is 0.225. The zero-order valence-corrected chi connectivity index (χ0v) is 12.8. The predicted molar refractivity (Wildman–Crippen MR) is 80.7 cm³/mol. The molecule has 3 rings (SSSR count). The molecule has 0 aliphatic carbocycles. The third kappa shape index (κ3) is 2.67. The van der Waals surface area contributed by atoms with Crippen molar-refractivity contribution >= 4 is 22.4 Å². The van der Waals surface area contributed by atoms with Crippen molar-refractivity contribution < 1.29 is 4.79 Å². The van der Waals surface area contributed by atoms with Crippen molar-refractivity contribution in [3.05, 3.63) is 10.6 Å². The van der Waals surface area contributed by atoms with E-state index in [0.717, 1.165) is 43.2 Å². The maximum atomic E-state index is 12.5. The first-order valence-electron chi connectivity index (χ1n) is 7.28. The van der Waals surface area contributed by atoms with Gasteiger partial charge in [-0.25, -0.2) is 4.98 Å². The Morgan fingerprint density at radius 1 is 1.55 bits per heavy atom. The minimum Gasteiger partial charge on any atom is -0.375 e. The van der Waals surface area contributed by atoms with Gasteiger partial charge in [-0.2, -0.15) is 0 Å². The lowest BCUT2D eigenvalue weighted by Crippen LogP contribution is -2.47. The molecule has 20 heavy (non-hydrogen) atoms. The van der Waals surface area contributed by atoms with Crippen molar-refractivity contribution in [2.24, 2.45) is 5.41 Å². The number of hydrogen-bond acceptors (Lipinski definition) is 5. The smallest absolute Gasteiger partial charge is 0.227 e. The van der Waals surface area contributed by atoms with E-state index in [9.17, 15) is 4.79 Å². The van der Waals surface area contributed by atoms with Crippen LogP contribution < -0.4 is 11.1 Å². The summed E-state index contributed by atoms with van der Waals surface area (Å²) in [4.78, 5) is 19.8. The van der Waals surface area contributed by atoms with Gasteiger partial charge >= 0.3 is 0 Å². The van der Waals surface area contributed by atoms with Crippen LogP contribution in [-0.4, -0.2) is 42.0 Å². The van der Waals surface area contributed by atoms with E-state index in [1.165, 1.54) is 24.2 Å². The molecule has 3 N–H and O–H groups in total. The molecule has 1 aromatic heterocycles. The Labute approximate surface area is 123 Å². The zero-order chi connectivity index (χ0) is 14.2. The van der Waals surface area contributed by atoms with Crippen molar-refractivity contribution in [3.8, 4) is 0 Å². The highest BCUT2D eigenvalue weighted by Crippen LogP contribution is 2.35. The van der Waals surface area contributed by atoms with Gasteiger partial charge in [-0.05, 0) is 32.7 Å². The summed E-state index contributed by atoms with van der Waals surface area (Å²) in [5, 5.41) is 4.00. The molecule has 0 bridgehead atoms. The lowest BCUT2D eigenvalue weighted by atomic mass is 9.79. The lowest BCUT2D eigenvalue weighted by Gasteiger charge is -2.40. The first kappa shape index (κ1) is 13.8. The van der Waals surface area contributed by atoms with Gasteiger partial charge in [-0.1, -0.05) is 0 Å². The summed E-state index contributed by atoms with van der Waals surface area (Å²) in [5.74, 6) is 0.225. The molecule has 5 nitrogen and oxygen atoms in total. The molecule has 1 aromatic rings. The summed E-state index contributed by atoms with van der Waals surface area (Å²) in [7, 11) is 0. The Morgan fingerprint density at radius 3 is 3.05 bits per heavy atom. The van der Waals surface area contributed by atoms with Crippen LogP contribution in [0.25, 0.3) is 0 Å². The number of piperidine rings is 1. The van der Waals surface area contributed by atoms with Gasteiger partial charge < -0.3 is 16.0 Å². The summed E-state index contributed by atoms with van der Waals surface area (Å²) in [6.07, 6.45) is 4.01. The number of nitrogens with one attached hydrogen (secondary N) is 1. The van der Waals surface area contributed by atoms with E-state index in [1.807, 2.05) is 11.8 Å². The predicted octanol–water partition coefficient (Wildman–Crippen LogP) is 1.18. The Balaban J connectivity index is 1.66. The number of likely N-dealkylation sites (tertiary alicyclic amines) is 1. The largest absolute Gasteiger partial charge is 0.375 e. The second-order valence-corrected chi connectivity index (χ2v) is 7.20. The van der Waals surface area contributed by atoms with Gasteiger partial charge in [0.15, 0.2) is 5.13 Å². The van der Waals surface area contributed by atoms with Crippen LogP contribution in [0.3, 0.4) is 0 Å². The van der Waals surface area contributed by atoms with E-state index in [0.29, 0.717) is 17.0 Å². The maximum absolute atomic E-state index is 12.5. The Hall–Kier alpha value is -1.14. The molecule has 110 valence electrons. The number of thiazole rings is 1. The number of rotatable bonds is 2. The molecule has 0 saturated carbocycles. The fourth-order valence-electron chi connectivity index (χ4n) is 3.43. The number of carbonyl (C=O) groups is 1. The molecule has 2 fully saturated rings. The SMILES string of the molecule is Cc1nc(N)sc1CC(=O)N1CCC[C@@]2(CCNC2)C1. The lowest BCUT2D eigenvalue weighted by molar-refractivity contribution is -0.133. The third-order valence-electron chi connectivity index (χ3n) is 4.57. The van der Waals surface area contributed by atoms with Crippen LogP contribution >= 0.6 is 11.3 Å². The number of aryl methyl sites for hydroxylation is 1. The molecule has 6 heteroatoms. The molecular weight excluding hydrogens is 272 g/mol. The van der Waals surface area contributed by atoms with E-state index in [-0.39, 0.29) is 5.91 Å². The molecule has 1 amide bonds. The van der Waals surface area contributed by atoms with Crippen LogP contribution in [0.1, 0.15) is 29.8 Å². The molecule has 1 atom stereocenters. The molecule has 3 heterocycles. The van der Waals surface area contributed by atoms with E-state index >= 15 is 0 Å². The molecular formula is C14H22N4OS. The summed E-state index contributed by atoms with van der Waals surface area (Å²) < 4.78 is 0. The number of nitrogen functional groups attached to an aromatic ring is 1. The van der Waals surface area contributed by atoms with E-state index in [4.69, 9.17) is 5.73 Å². The van der Waals surface area contributed by atoms with Crippen molar-refractivity contribution in [1.82, 2.24) is 15.2 Å². The second kappa shape index (κ2) is 5.33. The van der Waals surface area contributed by atoms with Gasteiger partial charge in [0.25, 0.3) is 0 Å². The monoisotopic (exact) mass is 294 g/mol. The fourth-order valence-corrected chi connectivity index (χ4v) is 4.25. The van der Waals surface area contributed by atoms with Crippen molar-refractivity contribution in [1.29, 1.82) is 0 Å². The van der Waals surface area contributed by atoms with Gasteiger partial charge in [0.2, 0.25) is 5.91 Å². The average Bonchev–Trinajstić information content (AvgIpc) is 2.97. The first-order valence-corrected chi connectivity index (χ1v) is 8.10. The Bertz CT molecular complexity index is 507. The summed E-state index contributed by atoms with van der Waals surface area (Å²) in [6.45, 7) is 5.88. The molecule has 0 aromatic carbocycles. The highest BCUT2D eigenvalue weighted by atomic mass is 32.1. The quantitative estimate of drug-likeness (QED) is 0.859. The number of carbonyl (C=O) groups excluding carboxylic acids is 1. The number of nitrogens with two attached hydrogens (primary N) is 1. The number of hydrogen-bond donors (Lipinski definition) is 2. The Morgan fingerprint density at radius 2 is 2.40 bits per heavy atom. The first-order chi connectivity index (χ1) is 9.58. The summed E-state index contributed by atoms with van der Waals surface area (Å²) in [6, 6.07) is 0. The number of anilines is 1. The van der Waals surface area contributed by atoms with Crippen LogP contribution in [0.15, 0.2) is 0 Å². The van der Waals surface area contributed by atoms with Crippen LogP contribution in [-0.2, 0) is 11.2 Å². The Kier molecular flexibility index (Phi) is 3.69. The van der Waals surface area contributed by atoms with E-state index in [1.54, 1.807) is 0 Å². The van der Waals surface area contributed by atoms with Crippen LogP contribution in [0.5, 0.6) is 0 Å². The molecule has 2 aliphatic rings. The molecule has 2 saturated heterocycles. The normalized spacial score (nSPS) is 26.4. The van der Waals surface area contributed by atoms with Crippen LogP contribution in [0, 0.1) is 12.3 Å². The van der Waals surface area contributed by atoms with Crippen molar-refractivity contribution in [2.75, 3.05) is 31.9 Å². The fraction of sp³-hybridized carbons (Fsp3) is 0.714. The molecule has 2 aliphatic heterocycles. The highest BCUT2D eigenvalue weighted by molar-refractivity contribution is 7.15. The number of nitrogens with zero attached hydrogens (tertiary/aromatic N) is 2. The van der Waals surface area contributed by atoms with Gasteiger partial charge in [0.05, 0.1) is 12.1 Å². The zero-order valence-electron chi connectivity index (χ0n) is 11.9. The number of aromatic nitrogens is 1. The van der Waals surface area contributed by atoms with Crippen LogP contribution in [0.2, 0.25) is 0 Å². The third-order valence-corrected chi connectivity index (χ3v) is 5.55. The average molecular weight is 294 g/mol. The second-order valence-electron chi connectivity index (χ2n) is 6.08. The topological polar surface area (TPSA) is 71.2 Å².